The van der Waals surface area contributed by atoms with Crippen LogP contribution in [0, 0.1) is 17.8 Å². The topological polar surface area (TPSA) is 37.3 Å². The van der Waals surface area contributed by atoms with Gasteiger partial charge in [0.15, 0.2) is 0 Å². The van der Waals surface area contributed by atoms with Crippen LogP contribution < -0.4 is 0 Å². The average Bonchev–Trinajstić information content (AvgIpc) is 2.25. The van der Waals surface area contributed by atoms with Crippen LogP contribution in [0.15, 0.2) is 0 Å². The molecule has 0 aromatic rings. The Bertz CT molecular complexity index is 203. The van der Waals surface area contributed by atoms with Gasteiger partial charge >= 0.3 is 5.97 Å². The van der Waals surface area contributed by atoms with E-state index >= 15 is 0 Å². The molecule has 1 aliphatic carbocycles. The highest BCUT2D eigenvalue weighted by Crippen LogP contribution is 2.35. The van der Waals surface area contributed by atoms with E-state index < -0.39 is 5.97 Å². The van der Waals surface area contributed by atoms with Crippen molar-refractivity contribution in [2.75, 3.05) is 0 Å². The van der Waals surface area contributed by atoms with Gasteiger partial charge in [-0.25, -0.2) is 0 Å². The van der Waals surface area contributed by atoms with Gasteiger partial charge in [0.05, 0.1) is 0 Å². The fourth-order valence-electron chi connectivity index (χ4n) is 2.85. The second-order valence-corrected chi connectivity index (χ2v) is 5.66. The Labute approximate surface area is 99.4 Å². The first kappa shape index (κ1) is 13.5. The minimum atomic E-state index is -0.650. The summed E-state index contributed by atoms with van der Waals surface area (Å²) in [5, 5.41) is 8.55. The van der Waals surface area contributed by atoms with E-state index in [0.29, 0.717) is 6.42 Å². The zero-order chi connectivity index (χ0) is 12.0. The number of unbranched alkanes of at least 4 members (excludes halogenated alkanes) is 1. The molecule has 0 spiro atoms. The Morgan fingerprint density at radius 1 is 1.19 bits per heavy atom. The summed E-state index contributed by atoms with van der Waals surface area (Å²) in [6.07, 6.45) is 9.08. The molecule has 1 rings (SSSR count). The Hall–Kier alpha value is -0.530. The summed E-state index contributed by atoms with van der Waals surface area (Å²) >= 11 is 0. The molecular formula is C14H26O2. The van der Waals surface area contributed by atoms with Crippen LogP contribution in [-0.4, -0.2) is 11.1 Å². The van der Waals surface area contributed by atoms with Gasteiger partial charge in [0.1, 0.15) is 0 Å². The molecule has 2 nitrogen and oxygen atoms in total. The van der Waals surface area contributed by atoms with E-state index in [0.717, 1.165) is 30.6 Å². The molecule has 1 fully saturated rings. The lowest BCUT2D eigenvalue weighted by Gasteiger charge is -2.30. The quantitative estimate of drug-likeness (QED) is 0.692. The van der Waals surface area contributed by atoms with Gasteiger partial charge in [0.25, 0.3) is 0 Å². The molecule has 0 atom stereocenters. The Morgan fingerprint density at radius 3 is 2.31 bits per heavy atom. The van der Waals surface area contributed by atoms with Crippen molar-refractivity contribution < 1.29 is 9.90 Å². The minimum absolute atomic E-state index is 0.349. The van der Waals surface area contributed by atoms with Crippen LogP contribution in [0.1, 0.15) is 65.2 Å². The van der Waals surface area contributed by atoms with Gasteiger partial charge in [0.2, 0.25) is 0 Å². The molecule has 0 heterocycles. The van der Waals surface area contributed by atoms with Crippen molar-refractivity contribution >= 4 is 5.97 Å². The van der Waals surface area contributed by atoms with Crippen molar-refractivity contribution in [2.45, 2.75) is 65.2 Å². The second-order valence-electron chi connectivity index (χ2n) is 5.66. The zero-order valence-corrected chi connectivity index (χ0v) is 10.7. The van der Waals surface area contributed by atoms with Crippen molar-refractivity contribution in [3.05, 3.63) is 0 Å². The number of carboxylic acids is 1. The first-order valence-electron chi connectivity index (χ1n) is 6.81. The van der Waals surface area contributed by atoms with E-state index in [1.165, 1.54) is 32.1 Å². The maximum Gasteiger partial charge on any atom is 0.303 e. The molecule has 94 valence electrons. The molecular weight excluding hydrogens is 200 g/mol. The van der Waals surface area contributed by atoms with Gasteiger partial charge in [-0.15, -0.1) is 0 Å². The summed E-state index contributed by atoms with van der Waals surface area (Å²) in [5.41, 5.74) is 0. The van der Waals surface area contributed by atoms with E-state index in [4.69, 9.17) is 5.11 Å². The molecule has 0 aliphatic heterocycles. The predicted molar refractivity (Wildman–Crippen MR) is 66.4 cm³/mol. The normalized spacial score (nSPS) is 25.9. The fourth-order valence-corrected chi connectivity index (χ4v) is 2.85. The molecule has 0 bridgehead atoms. The third kappa shape index (κ3) is 5.00. The van der Waals surface area contributed by atoms with E-state index in [1.54, 1.807) is 0 Å². The number of carboxylic acid groups (broad SMARTS) is 1. The molecule has 1 saturated carbocycles. The van der Waals surface area contributed by atoms with Crippen LogP contribution in [0.25, 0.3) is 0 Å². The Balaban J connectivity index is 2.06. The molecule has 0 radical (unpaired) electrons. The molecule has 1 aliphatic rings. The van der Waals surface area contributed by atoms with E-state index in [1.807, 2.05) is 0 Å². The minimum Gasteiger partial charge on any atom is -0.481 e. The van der Waals surface area contributed by atoms with Crippen LogP contribution in [0.3, 0.4) is 0 Å². The van der Waals surface area contributed by atoms with Gasteiger partial charge in [0, 0.05) is 6.42 Å². The van der Waals surface area contributed by atoms with Crippen LogP contribution in [0.5, 0.6) is 0 Å². The molecule has 0 amide bonds. The molecule has 0 aromatic carbocycles. The highest BCUT2D eigenvalue weighted by Gasteiger charge is 2.22. The zero-order valence-electron chi connectivity index (χ0n) is 10.7. The lowest BCUT2D eigenvalue weighted by molar-refractivity contribution is -0.137. The van der Waals surface area contributed by atoms with Gasteiger partial charge in [-0.3, -0.25) is 4.79 Å². The number of hydrogen-bond acceptors (Lipinski definition) is 1. The lowest BCUT2D eigenvalue weighted by atomic mass is 9.75. The summed E-state index contributed by atoms with van der Waals surface area (Å²) in [5.74, 6) is 2.01. The van der Waals surface area contributed by atoms with Crippen LogP contribution in [-0.2, 0) is 4.79 Å². The highest BCUT2D eigenvalue weighted by atomic mass is 16.4. The number of aliphatic carboxylic acids is 1. The van der Waals surface area contributed by atoms with Crippen LogP contribution in [0.4, 0.5) is 0 Å². The highest BCUT2D eigenvalue weighted by molar-refractivity contribution is 5.66. The van der Waals surface area contributed by atoms with E-state index in [-0.39, 0.29) is 0 Å². The van der Waals surface area contributed by atoms with Crippen molar-refractivity contribution in [1.82, 2.24) is 0 Å². The summed E-state index contributed by atoms with van der Waals surface area (Å²) in [4.78, 5) is 10.4. The SMILES string of the molecule is CC(C)C1CCC(CCCCC(=O)O)CC1. The van der Waals surface area contributed by atoms with Crippen molar-refractivity contribution in [3.63, 3.8) is 0 Å². The molecule has 2 heteroatoms. The monoisotopic (exact) mass is 226 g/mol. The Morgan fingerprint density at radius 2 is 1.81 bits per heavy atom. The molecule has 0 saturated heterocycles. The fraction of sp³-hybridized carbons (Fsp3) is 0.929. The van der Waals surface area contributed by atoms with Gasteiger partial charge in [-0.1, -0.05) is 39.5 Å². The smallest absolute Gasteiger partial charge is 0.303 e. The second kappa shape index (κ2) is 6.93. The number of hydrogen-bond donors (Lipinski definition) is 1. The largest absolute Gasteiger partial charge is 0.481 e. The Kier molecular flexibility index (Phi) is 5.86. The van der Waals surface area contributed by atoms with Gasteiger partial charge in [-0.05, 0) is 37.0 Å². The summed E-state index contributed by atoms with van der Waals surface area (Å²) in [6, 6.07) is 0. The predicted octanol–water partition coefficient (Wildman–Crippen LogP) is 4.09. The van der Waals surface area contributed by atoms with Crippen LogP contribution in [0.2, 0.25) is 0 Å². The van der Waals surface area contributed by atoms with Crippen LogP contribution >= 0.6 is 0 Å². The first-order valence-corrected chi connectivity index (χ1v) is 6.81. The van der Waals surface area contributed by atoms with Gasteiger partial charge < -0.3 is 5.11 Å². The van der Waals surface area contributed by atoms with E-state index in [9.17, 15) is 4.79 Å². The maximum absolute atomic E-state index is 10.4. The molecule has 0 unspecified atom stereocenters. The third-order valence-electron chi connectivity index (χ3n) is 4.09. The summed E-state index contributed by atoms with van der Waals surface area (Å²) in [6.45, 7) is 4.66. The summed E-state index contributed by atoms with van der Waals surface area (Å²) in [7, 11) is 0. The average molecular weight is 226 g/mol. The van der Waals surface area contributed by atoms with Crippen molar-refractivity contribution in [3.8, 4) is 0 Å². The lowest BCUT2D eigenvalue weighted by Crippen LogP contribution is -2.18. The van der Waals surface area contributed by atoms with Gasteiger partial charge in [-0.2, -0.15) is 0 Å². The molecule has 16 heavy (non-hydrogen) atoms. The standard InChI is InChI=1S/C14H26O2/c1-11(2)13-9-7-12(8-10-13)5-3-4-6-14(15)16/h11-13H,3-10H2,1-2H3,(H,15,16). The number of rotatable bonds is 6. The van der Waals surface area contributed by atoms with Crippen molar-refractivity contribution in [2.24, 2.45) is 17.8 Å². The molecule has 0 aromatic heterocycles. The van der Waals surface area contributed by atoms with Crippen molar-refractivity contribution in [1.29, 1.82) is 0 Å². The molecule has 1 N–H and O–H groups in total. The maximum atomic E-state index is 10.4. The first-order chi connectivity index (χ1) is 7.59. The number of carbonyl (C=O) groups is 1. The summed E-state index contributed by atoms with van der Waals surface area (Å²) < 4.78 is 0. The third-order valence-corrected chi connectivity index (χ3v) is 4.09. The van der Waals surface area contributed by atoms with E-state index in [2.05, 4.69) is 13.8 Å².